The van der Waals surface area contributed by atoms with E-state index in [9.17, 15) is 19.2 Å². The summed E-state index contributed by atoms with van der Waals surface area (Å²) in [4.78, 5) is 48.8. The lowest BCUT2D eigenvalue weighted by atomic mass is 10.1. The molecular weight excluding hydrogens is 396 g/mol. The molecule has 0 unspecified atom stereocenters. The third-order valence-electron chi connectivity index (χ3n) is 3.71. The maximum atomic E-state index is 12.3. The molecule has 0 aliphatic carbocycles. The van der Waals surface area contributed by atoms with E-state index in [1.54, 1.807) is 12.1 Å². The van der Waals surface area contributed by atoms with Crippen molar-refractivity contribution in [3.63, 3.8) is 0 Å². The zero-order chi connectivity index (χ0) is 19.8. The Labute approximate surface area is 165 Å². The predicted molar refractivity (Wildman–Crippen MR) is 99.7 cm³/mol. The van der Waals surface area contributed by atoms with Crippen molar-refractivity contribution in [2.45, 2.75) is 12.5 Å². The van der Waals surface area contributed by atoms with E-state index in [1.165, 1.54) is 23.9 Å². The Hall–Kier alpha value is -2.26. The van der Waals surface area contributed by atoms with Gasteiger partial charge in [-0.05, 0) is 42.7 Å². The van der Waals surface area contributed by atoms with Gasteiger partial charge in [-0.2, -0.15) is 11.8 Å². The number of halogens is 1. The Kier molecular flexibility index (Phi) is 7.93. The smallest absolute Gasteiger partial charge is 0.416 e. The van der Waals surface area contributed by atoms with Crippen LogP contribution in [0.2, 0.25) is 5.02 Å². The molecule has 1 aliphatic rings. The highest BCUT2D eigenvalue weighted by Gasteiger charge is 2.30. The number of ether oxygens (including phenoxy) is 2. The minimum Gasteiger partial charge on any atom is -0.454 e. The lowest BCUT2D eigenvalue weighted by molar-refractivity contribution is -0.152. The molecule has 1 N–H and O–H groups in total. The van der Waals surface area contributed by atoms with Gasteiger partial charge in [0.05, 0.1) is 6.54 Å². The van der Waals surface area contributed by atoms with Crippen LogP contribution in [0.15, 0.2) is 24.3 Å². The third kappa shape index (κ3) is 6.14. The number of carbonyl (C=O) groups excluding carboxylic acids is 4. The molecule has 8 nitrogen and oxygen atoms in total. The molecule has 1 heterocycles. The monoisotopic (exact) mass is 414 g/mol. The van der Waals surface area contributed by atoms with E-state index in [0.717, 1.165) is 4.90 Å². The summed E-state index contributed by atoms with van der Waals surface area (Å²) in [6, 6.07) is 5.30. The van der Waals surface area contributed by atoms with Gasteiger partial charge in [-0.25, -0.2) is 14.5 Å². The second-order valence-electron chi connectivity index (χ2n) is 5.58. The first kappa shape index (κ1) is 21.0. The molecule has 0 aromatic heterocycles. The number of imide groups is 1. The summed E-state index contributed by atoms with van der Waals surface area (Å²) in [6.07, 6.45) is 1.44. The first-order valence-electron chi connectivity index (χ1n) is 8.11. The first-order valence-corrected chi connectivity index (χ1v) is 9.88. The summed E-state index contributed by atoms with van der Waals surface area (Å²) < 4.78 is 9.66. The lowest BCUT2D eigenvalue weighted by Gasteiger charge is -2.18. The van der Waals surface area contributed by atoms with Crippen LogP contribution in [0.5, 0.6) is 0 Å². The maximum absolute atomic E-state index is 12.3. The van der Waals surface area contributed by atoms with E-state index in [4.69, 9.17) is 16.3 Å². The number of rotatable bonds is 8. The number of esters is 1. The van der Waals surface area contributed by atoms with Crippen LogP contribution in [-0.2, 0) is 19.1 Å². The van der Waals surface area contributed by atoms with Gasteiger partial charge in [-0.1, -0.05) is 11.6 Å². The molecule has 1 saturated heterocycles. The van der Waals surface area contributed by atoms with Gasteiger partial charge >= 0.3 is 12.1 Å². The Morgan fingerprint density at radius 2 is 2.04 bits per heavy atom. The van der Waals surface area contributed by atoms with Crippen LogP contribution in [0.1, 0.15) is 16.8 Å². The van der Waals surface area contributed by atoms with Crippen molar-refractivity contribution in [3.05, 3.63) is 34.9 Å². The molecule has 1 aromatic carbocycles. The van der Waals surface area contributed by atoms with E-state index in [1.807, 2.05) is 6.26 Å². The maximum Gasteiger partial charge on any atom is 0.416 e. The fourth-order valence-corrected chi connectivity index (χ4v) is 2.86. The zero-order valence-electron chi connectivity index (χ0n) is 14.6. The largest absolute Gasteiger partial charge is 0.454 e. The number of thioether (sulfide) groups is 1. The second-order valence-corrected chi connectivity index (χ2v) is 7.00. The van der Waals surface area contributed by atoms with Crippen LogP contribution in [0, 0.1) is 0 Å². The summed E-state index contributed by atoms with van der Waals surface area (Å²) in [5.74, 6) is -1.26. The molecule has 0 radical (unpaired) electrons. The lowest BCUT2D eigenvalue weighted by Crippen LogP contribution is -2.44. The Morgan fingerprint density at radius 1 is 1.33 bits per heavy atom. The molecule has 10 heteroatoms. The molecule has 2 rings (SSSR count). The fraction of sp³-hybridized carbons (Fsp3) is 0.412. The Balaban J connectivity index is 1.94. The summed E-state index contributed by atoms with van der Waals surface area (Å²) >= 11 is 7.30. The highest BCUT2D eigenvalue weighted by Crippen LogP contribution is 2.11. The molecule has 0 saturated carbocycles. The van der Waals surface area contributed by atoms with Crippen molar-refractivity contribution >= 4 is 47.2 Å². The van der Waals surface area contributed by atoms with Crippen molar-refractivity contribution in [1.29, 1.82) is 0 Å². The van der Waals surface area contributed by atoms with Crippen molar-refractivity contribution in [2.75, 3.05) is 31.8 Å². The molecule has 1 aromatic rings. The number of amides is 3. The van der Waals surface area contributed by atoms with Gasteiger partial charge in [0.15, 0.2) is 6.61 Å². The number of hydrogen-bond donors (Lipinski definition) is 1. The fourth-order valence-electron chi connectivity index (χ4n) is 2.26. The summed E-state index contributed by atoms with van der Waals surface area (Å²) in [5, 5.41) is 3.09. The van der Waals surface area contributed by atoms with Crippen molar-refractivity contribution < 1.29 is 28.7 Å². The van der Waals surface area contributed by atoms with E-state index in [2.05, 4.69) is 10.1 Å². The summed E-state index contributed by atoms with van der Waals surface area (Å²) in [7, 11) is 0. The third-order valence-corrected chi connectivity index (χ3v) is 4.60. The van der Waals surface area contributed by atoms with Crippen molar-refractivity contribution in [2.24, 2.45) is 0 Å². The van der Waals surface area contributed by atoms with Crippen LogP contribution in [0.25, 0.3) is 0 Å². The Morgan fingerprint density at radius 3 is 2.63 bits per heavy atom. The second kappa shape index (κ2) is 10.2. The standard InChI is InChI=1S/C17H19ClN2O6S/c1-27-9-6-13(19-15(22)11-2-4-12(18)5-3-11)16(23)26-10-14(21)20-7-8-25-17(20)24/h2-5,13H,6-10H2,1H3,(H,19,22)/t13-/m0/s1. The number of nitrogens with one attached hydrogen (secondary N) is 1. The van der Waals surface area contributed by atoms with Crippen LogP contribution in [0.3, 0.4) is 0 Å². The van der Waals surface area contributed by atoms with Crippen LogP contribution < -0.4 is 5.32 Å². The van der Waals surface area contributed by atoms with Crippen LogP contribution in [-0.4, -0.2) is 66.6 Å². The Bertz CT molecular complexity index is 712. The molecule has 0 spiro atoms. The number of benzene rings is 1. The van der Waals surface area contributed by atoms with Crippen molar-refractivity contribution in [1.82, 2.24) is 10.2 Å². The molecule has 1 fully saturated rings. The van der Waals surface area contributed by atoms with Gasteiger partial charge in [0.25, 0.3) is 11.8 Å². The summed E-state index contributed by atoms with van der Waals surface area (Å²) in [6.45, 7) is -0.356. The predicted octanol–water partition coefficient (Wildman–Crippen LogP) is 1.71. The summed E-state index contributed by atoms with van der Waals surface area (Å²) in [5.41, 5.74) is 0.345. The SMILES string of the molecule is CSCC[C@H](NC(=O)c1ccc(Cl)cc1)C(=O)OCC(=O)N1CCOC1=O. The van der Waals surface area contributed by atoms with Gasteiger partial charge in [-0.3, -0.25) is 9.59 Å². The van der Waals surface area contributed by atoms with E-state index < -0.39 is 36.5 Å². The van der Waals surface area contributed by atoms with Gasteiger partial charge in [0.2, 0.25) is 0 Å². The number of hydrogen-bond acceptors (Lipinski definition) is 7. The molecule has 1 atom stereocenters. The molecule has 1 aliphatic heterocycles. The van der Waals surface area contributed by atoms with E-state index in [0.29, 0.717) is 22.8 Å². The van der Waals surface area contributed by atoms with E-state index >= 15 is 0 Å². The molecule has 27 heavy (non-hydrogen) atoms. The molecule has 146 valence electrons. The minimum absolute atomic E-state index is 0.117. The highest BCUT2D eigenvalue weighted by atomic mass is 35.5. The van der Waals surface area contributed by atoms with Gasteiger partial charge in [0, 0.05) is 10.6 Å². The van der Waals surface area contributed by atoms with Crippen molar-refractivity contribution in [3.8, 4) is 0 Å². The number of carbonyl (C=O) groups is 4. The van der Waals surface area contributed by atoms with E-state index in [-0.39, 0.29) is 13.2 Å². The van der Waals surface area contributed by atoms with Gasteiger partial charge in [0.1, 0.15) is 12.6 Å². The molecule has 3 amide bonds. The average molecular weight is 415 g/mol. The zero-order valence-corrected chi connectivity index (χ0v) is 16.2. The molecular formula is C17H19ClN2O6S. The normalized spacial score (nSPS) is 14.4. The van der Waals surface area contributed by atoms with Gasteiger partial charge < -0.3 is 14.8 Å². The van der Waals surface area contributed by atoms with Crippen LogP contribution >= 0.6 is 23.4 Å². The topological polar surface area (TPSA) is 102 Å². The minimum atomic E-state index is -0.918. The highest BCUT2D eigenvalue weighted by molar-refractivity contribution is 7.98. The quantitative estimate of drug-likeness (QED) is 0.646. The average Bonchev–Trinajstić information content (AvgIpc) is 3.09. The first-order chi connectivity index (χ1) is 12.9. The number of nitrogens with zero attached hydrogens (tertiary/aromatic N) is 1. The molecule has 0 bridgehead atoms. The number of cyclic esters (lactones) is 1. The van der Waals surface area contributed by atoms with Crippen LogP contribution in [0.4, 0.5) is 4.79 Å². The van der Waals surface area contributed by atoms with Gasteiger partial charge in [-0.15, -0.1) is 0 Å².